The van der Waals surface area contributed by atoms with E-state index in [4.69, 9.17) is 10.5 Å². The summed E-state index contributed by atoms with van der Waals surface area (Å²) in [6.45, 7) is 0.401. The van der Waals surface area contributed by atoms with Crippen LogP contribution in [0.25, 0.3) is 0 Å². The van der Waals surface area contributed by atoms with Crippen LogP contribution in [0.3, 0.4) is 0 Å². The third kappa shape index (κ3) is 8.28. The largest absolute Gasteiger partial charge is 0.385 e. The summed E-state index contributed by atoms with van der Waals surface area (Å²) >= 11 is 0. The Kier molecular flexibility index (Phi) is 10.4. The average molecular weight is 462 g/mol. The van der Waals surface area contributed by atoms with E-state index in [1.54, 1.807) is 30.3 Å². The second-order valence-corrected chi connectivity index (χ2v) is 7.76. The van der Waals surface area contributed by atoms with Crippen molar-refractivity contribution in [3.8, 4) is 0 Å². The number of nitrogens with zero attached hydrogens (tertiary/aromatic N) is 2. The molecule has 1 aromatic rings. The summed E-state index contributed by atoms with van der Waals surface area (Å²) in [6.07, 6.45) is 4.17. The lowest BCUT2D eigenvalue weighted by Crippen LogP contribution is -2.63. The maximum absolute atomic E-state index is 13.2. The molecule has 1 fully saturated rings. The molecule has 0 saturated heterocycles. The average Bonchev–Trinajstić information content (AvgIpc) is 2.80. The zero-order valence-corrected chi connectivity index (χ0v) is 18.7. The summed E-state index contributed by atoms with van der Waals surface area (Å²) in [5.74, 6) is -5.11. The minimum absolute atomic E-state index is 0.0702. The Morgan fingerprint density at radius 1 is 1.03 bits per heavy atom. The highest BCUT2D eigenvalue weighted by Gasteiger charge is 2.36. The van der Waals surface area contributed by atoms with Crippen LogP contribution >= 0.6 is 0 Å². The maximum atomic E-state index is 13.2. The minimum atomic E-state index is -1.23. The Labute approximate surface area is 192 Å². The molecule has 0 spiro atoms. The molecule has 0 radical (unpaired) electrons. The van der Waals surface area contributed by atoms with Gasteiger partial charge >= 0.3 is 23.6 Å². The molecule has 11 heteroatoms. The number of hydrogen-bond acceptors (Lipinski definition) is 7. The first-order chi connectivity index (χ1) is 15.8. The van der Waals surface area contributed by atoms with Gasteiger partial charge in [0.05, 0.1) is 12.5 Å². The lowest BCUT2D eigenvalue weighted by Gasteiger charge is -2.40. The number of ether oxygens (including phenoxy) is 1. The first-order valence-electron chi connectivity index (χ1n) is 10.9. The second kappa shape index (κ2) is 13.3. The first-order valence-corrected chi connectivity index (χ1v) is 10.9. The Bertz CT molecular complexity index is 841. The predicted octanol–water partition coefficient (Wildman–Crippen LogP) is -0.197. The monoisotopic (exact) mass is 461 g/mol. The van der Waals surface area contributed by atoms with Crippen molar-refractivity contribution < 1.29 is 28.7 Å². The number of imide groups is 1. The zero-order valence-electron chi connectivity index (χ0n) is 18.7. The number of benzene rings is 1. The fraction of sp³-hybridized carbons (Fsp3) is 0.500. The van der Waals surface area contributed by atoms with Crippen LogP contribution in [0.15, 0.2) is 30.3 Å². The maximum Gasteiger partial charge on any atom is 0.328 e. The summed E-state index contributed by atoms with van der Waals surface area (Å²) < 4.78 is 5.03. The van der Waals surface area contributed by atoms with Crippen LogP contribution in [0.5, 0.6) is 0 Å². The number of hydrazine groups is 2. The van der Waals surface area contributed by atoms with Crippen LogP contribution in [0.2, 0.25) is 0 Å². The number of carbonyl (C=O) groups is 5. The van der Waals surface area contributed by atoms with Crippen LogP contribution in [-0.4, -0.2) is 66.0 Å². The SMILES string of the molecule is COCCCN(NC(=O)C(N)=O)N(C(=O)C(=O)NC(=O)Cc1ccccc1)C1CCCCC1. The molecule has 33 heavy (non-hydrogen) atoms. The van der Waals surface area contributed by atoms with Crippen molar-refractivity contribution in [2.45, 2.75) is 51.0 Å². The van der Waals surface area contributed by atoms with Crippen LogP contribution in [0.4, 0.5) is 0 Å². The molecular weight excluding hydrogens is 430 g/mol. The first kappa shape index (κ1) is 25.9. The van der Waals surface area contributed by atoms with E-state index >= 15 is 0 Å². The van der Waals surface area contributed by atoms with Gasteiger partial charge in [0.25, 0.3) is 0 Å². The Hall–Kier alpha value is -3.31. The molecule has 1 aliphatic carbocycles. The van der Waals surface area contributed by atoms with Gasteiger partial charge in [-0.15, -0.1) is 5.12 Å². The summed E-state index contributed by atoms with van der Waals surface area (Å²) in [5, 5.41) is 4.38. The molecule has 1 aliphatic rings. The third-order valence-electron chi connectivity index (χ3n) is 5.22. The number of amides is 5. The number of nitrogens with two attached hydrogens (primary N) is 1. The number of hydrogen-bond donors (Lipinski definition) is 3. The highest BCUT2D eigenvalue weighted by atomic mass is 16.5. The quantitative estimate of drug-likeness (QED) is 0.262. The van der Waals surface area contributed by atoms with Crippen LogP contribution in [0, 0.1) is 0 Å². The number of methoxy groups -OCH3 is 1. The van der Waals surface area contributed by atoms with Gasteiger partial charge in [-0.2, -0.15) is 0 Å². The van der Waals surface area contributed by atoms with Crippen molar-refractivity contribution >= 4 is 29.5 Å². The van der Waals surface area contributed by atoms with Crippen LogP contribution in [-0.2, 0) is 35.1 Å². The minimum Gasteiger partial charge on any atom is -0.385 e. The molecule has 5 amide bonds. The third-order valence-corrected chi connectivity index (χ3v) is 5.22. The fourth-order valence-electron chi connectivity index (χ4n) is 3.66. The van der Waals surface area contributed by atoms with E-state index in [0.717, 1.165) is 29.4 Å². The van der Waals surface area contributed by atoms with Crippen LogP contribution in [0.1, 0.15) is 44.1 Å². The highest BCUT2D eigenvalue weighted by Crippen LogP contribution is 2.24. The fourth-order valence-corrected chi connectivity index (χ4v) is 3.66. The van der Waals surface area contributed by atoms with Crippen molar-refractivity contribution in [2.75, 3.05) is 20.3 Å². The summed E-state index contributed by atoms with van der Waals surface area (Å²) in [4.78, 5) is 61.5. The smallest absolute Gasteiger partial charge is 0.328 e. The molecular formula is C22H31N5O6. The van der Waals surface area contributed by atoms with E-state index in [0.29, 0.717) is 31.4 Å². The Balaban J connectivity index is 2.19. The van der Waals surface area contributed by atoms with Crippen molar-refractivity contribution in [1.82, 2.24) is 20.9 Å². The van der Waals surface area contributed by atoms with Gasteiger partial charge in [0.1, 0.15) is 0 Å². The van der Waals surface area contributed by atoms with E-state index in [9.17, 15) is 24.0 Å². The summed E-state index contributed by atoms with van der Waals surface area (Å²) in [7, 11) is 1.50. The van der Waals surface area contributed by atoms with Crippen molar-refractivity contribution in [3.63, 3.8) is 0 Å². The highest BCUT2D eigenvalue weighted by molar-refractivity contribution is 6.38. The second-order valence-electron chi connectivity index (χ2n) is 7.76. The molecule has 2 rings (SSSR count). The molecule has 0 bridgehead atoms. The molecule has 0 unspecified atom stereocenters. The van der Waals surface area contributed by atoms with E-state index in [2.05, 4.69) is 10.7 Å². The van der Waals surface area contributed by atoms with E-state index in [1.807, 2.05) is 0 Å². The normalized spacial score (nSPS) is 13.9. The van der Waals surface area contributed by atoms with Gasteiger partial charge in [-0.1, -0.05) is 49.6 Å². The van der Waals surface area contributed by atoms with Crippen LogP contribution < -0.4 is 16.5 Å². The number of primary amides is 1. The van der Waals surface area contributed by atoms with Crippen molar-refractivity contribution in [3.05, 3.63) is 35.9 Å². The van der Waals surface area contributed by atoms with Crippen molar-refractivity contribution in [1.29, 1.82) is 0 Å². The molecule has 1 saturated carbocycles. The lowest BCUT2D eigenvalue weighted by atomic mass is 9.95. The van der Waals surface area contributed by atoms with E-state index < -0.39 is 35.6 Å². The Morgan fingerprint density at radius 2 is 1.70 bits per heavy atom. The van der Waals surface area contributed by atoms with Gasteiger partial charge in [-0.25, -0.2) is 5.01 Å². The van der Waals surface area contributed by atoms with Gasteiger partial charge in [-0.05, 0) is 24.8 Å². The van der Waals surface area contributed by atoms with E-state index in [1.165, 1.54) is 7.11 Å². The number of rotatable bonds is 9. The van der Waals surface area contributed by atoms with Crippen molar-refractivity contribution in [2.24, 2.45) is 5.73 Å². The van der Waals surface area contributed by atoms with Gasteiger partial charge < -0.3 is 10.5 Å². The van der Waals surface area contributed by atoms with Gasteiger partial charge in [0.2, 0.25) is 5.91 Å². The molecule has 1 aromatic carbocycles. The van der Waals surface area contributed by atoms with Gasteiger partial charge in [0.15, 0.2) is 0 Å². The molecule has 4 N–H and O–H groups in total. The lowest BCUT2D eigenvalue weighted by molar-refractivity contribution is -0.176. The molecule has 11 nitrogen and oxygen atoms in total. The molecule has 0 aliphatic heterocycles. The molecule has 0 atom stereocenters. The van der Waals surface area contributed by atoms with Gasteiger partial charge in [0, 0.05) is 20.3 Å². The Morgan fingerprint density at radius 3 is 2.30 bits per heavy atom. The topological polar surface area (TPSA) is 151 Å². The summed E-state index contributed by atoms with van der Waals surface area (Å²) in [6, 6.07) is 8.40. The number of carbonyl (C=O) groups excluding carboxylic acids is 5. The number of nitrogens with one attached hydrogen (secondary N) is 2. The standard InChI is InChI=1S/C22H31N5O6/c1-33-14-8-13-26(25-20(30)19(23)29)27(17-11-6-3-7-12-17)22(32)21(31)24-18(28)15-16-9-4-2-5-10-16/h2,4-5,9-10,17H,3,6-8,11-15H2,1H3,(H2,23,29)(H,25,30)(H,24,28,31). The molecule has 0 aromatic heterocycles. The summed E-state index contributed by atoms with van der Waals surface area (Å²) in [5.41, 5.74) is 8.06. The van der Waals surface area contributed by atoms with Gasteiger partial charge in [-0.3, -0.25) is 34.7 Å². The molecule has 0 heterocycles. The molecule has 180 valence electrons. The predicted molar refractivity (Wildman–Crippen MR) is 118 cm³/mol. The van der Waals surface area contributed by atoms with E-state index in [-0.39, 0.29) is 13.0 Å². The zero-order chi connectivity index (χ0) is 24.2.